The first-order valence-electron chi connectivity index (χ1n) is 26.4. The highest BCUT2D eigenvalue weighted by molar-refractivity contribution is 5.92. The van der Waals surface area contributed by atoms with Crippen molar-refractivity contribution in [1.82, 2.24) is 0 Å². The molecule has 0 aromatic heterocycles. The molecule has 10 aromatic rings. The van der Waals surface area contributed by atoms with Crippen LogP contribution in [0.1, 0.15) is 47.9 Å². The topological polar surface area (TPSA) is 6.48 Å². The Labute approximate surface area is 441 Å². The van der Waals surface area contributed by atoms with Gasteiger partial charge < -0.3 is 9.80 Å². The third kappa shape index (κ3) is 8.55. The van der Waals surface area contributed by atoms with Crippen molar-refractivity contribution in [3.8, 4) is 44.5 Å². The van der Waals surface area contributed by atoms with Crippen LogP contribution >= 0.6 is 0 Å². The molecule has 0 radical (unpaired) electrons. The molecule has 10 aromatic carbocycles. The number of anilines is 5. The van der Waals surface area contributed by atoms with E-state index in [9.17, 15) is 0 Å². The largest absolute Gasteiger partial charge is 0.314 e. The number of hydrogen-bond acceptors (Lipinski definition) is 2. The van der Waals surface area contributed by atoms with Gasteiger partial charge in [-0.15, -0.1) is 0 Å². The van der Waals surface area contributed by atoms with E-state index < -0.39 is 5.41 Å². The lowest BCUT2D eigenvalue weighted by Gasteiger charge is -2.36. The van der Waals surface area contributed by atoms with Crippen molar-refractivity contribution in [3.05, 3.63) is 330 Å². The molecule has 0 bridgehead atoms. The van der Waals surface area contributed by atoms with Crippen molar-refractivity contribution in [2.24, 2.45) is 0 Å². The van der Waals surface area contributed by atoms with E-state index in [-0.39, 0.29) is 0 Å². The van der Waals surface area contributed by atoms with E-state index in [2.05, 4.69) is 301 Å². The van der Waals surface area contributed by atoms with Gasteiger partial charge in [0, 0.05) is 34.1 Å². The Morgan fingerprint density at radius 2 is 0.667 bits per heavy atom. The van der Waals surface area contributed by atoms with Gasteiger partial charge in [0.15, 0.2) is 0 Å². The van der Waals surface area contributed by atoms with Crippen LogP contribution in [-0.4, -0.2) is 0 Å². The Kier molecular flexibility index (Phi) is 12.2. The van der Waals surface area contributed by atoms with E-state index in [1.165, 1.54) is 83.6 Å². The fraction of sp³-hybridized carbons (Fsp3) is 0.0685. The third-order valence-electron chi connectivity index (χ3n) is 15.6. The summed E-state index contributed by atoms with van der Waals surface area (Å²) in [6, 6.07) is 96.1. The quantitative estimate of drug-likeness (QED) is 0.120. The van der Waals surface area contributed by atoms with Gasteiger partial charge in [-0.2, -0.15) is 0 Å². The molecule has 0 N–H and O–H groups in total. The standard InChI is InChI=1S/C73H56N2/c1-7-19-53(20-8-1)57-31-39-63(40-32-57)74(64-41-33-58(34-42-64)54-21-9-2-10-22-54)67-47-49-69-70-50-48-68(52-72(70)73(71(69)51-67,61-27-15-5-16-28-61)62-29-17-6-18-30-62)75(65-43-35-59(36-44-65)55-23-11-3-12-24-55)66-45-37-60(38-46-66)56-25-13-4-14-26-56/h1-13,15-25,27-37,39-45,47-52H,14,26,38,46H2. The predicted octanol–water partition coefficient (Wildman–Crippen LogP) is 19.5. The number of nitrogens with zero attached hydrogens (tertiary/aromatic N) is 2. The number of fused-ring (bicyclic) bond motifs is 3. The number of benzene rings is 10. The van der Waals surface area contributed by atoms with Crippen molar-refractivity contribution in [1.29, 1.82) is 0 Å². The maximum absolute atomic E-state index is 2.52. The molecule has 13 rings (SSSR count). The smallest absolute Gasteiger partial charge is 0.0715 e. The van der Waals surface area contributed by atoms with Crippen molar-refractivity contribution in [2.75, 3.05) is 9.80 Å². The Balaban J connectivity index is 0.993. The van der Waals surface area contributed by atoms with E-state index in [0.29, 0.717) is 0 Å². The summed E-state index contributed by atoms with van der Waals surface area (Å²) in [4.78, 5) is 4.95. The van der Waals surface area contributed by atoms with E-state index in [1.807, 2.05) is 0 Å². The van der Waals surface area contributed by atoms with Gasteiger partial charge in [0.1, 0.15) is 0 Å². The van der Waals surface area contributed by atoms with Crippen molar-refractivity contribution < 1.29 is 0 Å². The maximum atomic E-state index is 2.52. The summed E-state index contributed by atoms with van der Waals surface area (Å²) in [7, 11) is 0. The highest BCUT2D eigenvalue weighted by atomic mass is 15.2. The Hall–Kier alpha value is -9.24. The zero-order chi connectivity index (χ0) is 50.0. The van der Waals surface area contributed by atoms with Crippen LogP contribution in [0.5, 0.6) is 0 Å². The molecule has 2 nitrogen and oxygen atoms in total. The average molecular weight is 961 g/mol. The lowest BCUT2D eigenvalue weighted by Crippen LogP contribution is -2.29. The summed E-state index contributed by atoms with van der Waals surface area (Å²) in [5.41, 5.74) is 23.8. The van der Waals surface area contributed by atoms with Crippen molar-refractivity contribution in [2.45, 2.75) is 31.1 Å². The van der Waals surface area contributed by atoms with E-state index in [0.717, 1.165) is 54.1 Å². The van der Waals surface area contributed by atoms with Crippen LogP contribution in [0.3, 0.4) is 0 Å². The third-order valence-corrected chi connectivity index (χ3v) is 15.6. The highest BCUT2D eigenvalue weighted by Gasteiger charge is 2.47. The summed E-state index contributed by atoms with van der Waals surface area (Å²) in [5, 5.41) is 0. The average Bonchev–Trinajstić information content (AvgIpc) is 3.80. The van der Waals surface area contributed by atoms with Gasteiger partial charge in [-0.25, -0.2) is 0 Å². The van der Waals surface area contributed by atoms with Gasteiger partial charge in [0.05, 0.1) is 5.41 Å². The minimum absolute atomic E-state index is 0.656. The summed E-state index contributed by atoms with van der Waals surface area (Å²) in [6.07, 6.45) is 15.7. The molecule has 3 aliphatic carbocycles. The summed E-state index contributed by atoms with van der Waals surface area (Å²) >= 11 is 0. The second kappa shape index (κ2) is 20.0. The zero-order valence-electron chi connectivity index (χ0n) is 41.9. The molecule has 0 saturated heterocycles. The van der Waals surface area contributed by atoms with Crippen LogP contribution in [0.2, 0.25) is 0 Å². The minimum atomic E-state index is -0.656. The molecule has 0 unspecified atom stereocenters. The Bertz CT molecular complexity index is 3640. The molecule has 75 heavy (non-hydrogen) atoms. The SMILES string of the molecule is C1=CCCC(C2=CC=C(N(c3ccc(-c4ccccc4)cc3)c3ccc4c(c3)C(c3ccccc3)(c3ccccc3)c3cc(N(c5ccc(-c6ccccc6)cc5)c5ccc(-c6ccccc6)cc5)ccc3-4)CC2)=C1. The molecular formula is C73H56N2. The van der Waals surface area contributed by atoms with E-state index in [1.54, 1.807) is 0 Å². The lowest BCUT2D eigenvalue weighted by atomic mass is 9.67. The molecule has 3 aliphatic rings. The van der Waals surface area contributed by atoms with Crippen molar-refractivity contribution >= 4 is 28.4 Å². The molecule has 0 heterocycles. The van der Waals surface area contributed by atoms with Gasteiger partial charge in [-0.05, 0) is 170 Å². The molecular weight excluding hydrogens is 905 g/mol. The molecule has 2 heteroatoms. The molecule has 0 saturated carbocycles. The van der Waals surface area contributed by atoms with Crippen LogP contribution < -0.4 is 9.80 Å². The minimum Gasteiger partial charge on any atom is -0.314 e. The molecule has 0 fully saturated rings. The summed E-state index contributed by atoms with van der Waals surface area (Å²) in [6.45, 7) is 0. The van der Waals surface area contributed by atoms with Crippen LogP contribution in [0.25, 0.3) is 44.5 Å². The monoisotopic (exact) mass is 960 g/mol. The summed E-state index contributed by atoms with van der Waals surface area (Å²) < 4.78 is 0. The molecule has 0 spiro atoms. The molecule has 0 amide bonds. The zero-order valence-corrected chi connectivity index (χ0v) is 41.9. The molecule has 358 valence electrons. The van der Waals surface area contributed by atoms with Crippen LogP contribution in [0, 0.1) is 0 Å². The van der Waals surface area contributed by atoms with Gasteiger partial charge >= 0.3 is 0 Å². The first-order chi connectivity index (χ1) is 37.2. The van der Waals surface area contributed by atoms with Crippen LogP contribution in [-0.2, 0) is 5.41 Å². The Morgan fingerprint density at radius 3 is 1.07 bits per heavy atom. The lowest BCUT2D eigenvalue weighted by molar-refractivity contribution is 0.767. The normalized spacial score (nSPS) is 14.2. The first-order valence-corrected chi connectivity index (χ1v) is 26.4. The first kappa shape index (κ1) is 45.6. The summed E-state index contributed by atoms with van der Waals surface area (Å²) in [5.74, 6) is 0. The fourth-order valence-corrected chi connectivity index (χ4v) is 11.9. The van der Waals surface area contributed by atoms with Gasteiger partial charge in [0.2, 0.25) is 0 Å². The number of hydrogen-bond donors (Lipinski definition) is 0. The van der Waals surface area contributed by atoms with Crippen molar-refractivity contribution in [3.63, 3.8) is 0 Å². The second-order valence-corrected chi connectivity index (χ2v) is 19.9. The van der Waals surface area contributed by atoms with Gasteiger partial charge in [0.25, 0.3) is 0 Å². The Morgan fingerprint density at radius 1 is 0.293 bits per heavy atom. The molecule has 0 aliphatic heterocycles. The van der Waals surface area contributed by atoms with E-state index in [4.69, 9.17) is 0 Å². The fourth-order valence-electron chi connectivity index (χ4n) is 11.9. The van der Waals surface area contributed by atoms with Crippen LogP contribution in [0.15, 0.2) is 308 Å². The second-order valence-electron chi connectivity index (χ2n) is 19.9. The van der Waals surface area contributed by atoms with Gasteiger partial charge in [-0.3, -0.25) is 0 Å². The van der Waals surface area contributed by atoms with E-state index >= 15 is 0 Å². The predicted molar refractivity (Wildman–Crippen MR) is 315 cm³/mol. The highest BCUT2D eigenvalue weighted by Crippen LogP contribution is 2.58. The number of allylic oxidation sites excluding steroid dienone is 8. The number of rotatable bonds is 12. The van der Waals surface area contributed by atoms with Crippen LogP contribution in [0.4, 0.5) is 28.4 Å². The molecule has 0 atom stereocenters. The van der Waals surface area contributed by atoms with Gasteiger partial charge in [-0.1, -0.05) is 224 Å². The maximum Gasteiger partial charge on any atom is 0.0715 e.